The van der Waals surface area contributed by atoms with Gasteiger partial charge in [-0.3, -0.25) is 4.79 Å². The molecule has 0 aliphatic rings. The lowest BCUT2D eigenvalue weighted by atomic mass is 10.1. The minimum Gasteiger partial charge on any atom is -0.481 e. The van der Waals surface area contributed by atoms with Crippen LogP contribution in [0.3, 0.4) is 0 Å². The molecule has 0 fully saturated rings. The predicted molar refractivity (Wildman–Crippen MR) is 95.7 cm³/mol. The van der Waals surface area contributed by atoms with E-state index >= 15 is 0 Å². The molecule has 0 aliphatic carbocycles. The van der Waals surface area contributed by atoms with Crippen LogP contribution in [-0.2, 0) is 4.79 Å². The molecule has 122 valence electrons. The molecule has 0 saturated carbocycles. The van der Waals surface area contributed by atoms with Crippen LogP contribution in [0, 0.1) is 13.8 Å². The molecule has 1 N–H and O–H groups in total. The van der Waals surface area contributed by atoms with E-state index < -0.39 is 6.10 Å². The predicted octanol–water partition coefficient (Wildman–Crippen LogP) is 5.41. The summed E-state index contributed by atoms with van der Waals surface area (Å²) in [5.41, 5.74) is 2.70. The van der Waals surface area contributed by atoms with E-state index in [-0.39, 0.29) is 5.91 Å². The number of aryl methyl sites for hydroxylation is 2. The highest BCUT2D eigenvalue weighted by Crippen LogP contribution is 2.26. The Morgan fingerprint density at radius 1 is 1.13 bits per heavy atom. The first-order valence-corrected chi connectivity index (χ1v) is 8.15. The van der Waals surface area contributed by atoms with E-state index in [2.05, 4.69) is 11.4 Å². The molecule has 1 unspecified atom stereocenters. The van der Waals surface area contributed by atoms with Crippen molar-refractivity contribution in [1.29, 1.82) is 0 Å². The highest BCUT2D eigenvalue weighted by Gasteiger charge is 2.19. The highest BCUT2D eigenvalue weighted by molar-refractivity contribution is 6.36. The van der Waals surface area contributed by atoms with Crippen molar-refractivity contribution in [2.75, 3.05) is 5.32 Å². The van der Waals surface area contributed by atoms with Crippen LogP contribution in [0.25, 0.3) is 0 Å². The zero-order chi connectivity index (χ0) is 17.0. The number of halogens is 2. The van der Waals surface area contributed by atoms with Crippen LogP contribution in [0.5, 0.6) is 5.75 Å². The number of anilines is 1. The van der Waals surface area contributed by atoms with Crippen molar-refractivity contribution in [3.05, 3.63) is 57.6 Å². The van der Waals surface area contributed by atoms with Crippen LogP contribution in [0.4, 0.5) is 5.69 Å². The third-order valence-corrected chi connectivity index (χ3v) is 3.87. The fourth-order valence-electron chi connectivity index (χ4n) is 2.29. The van der Waals surface area contributed by atoms with Gasteiger partial charge in [-0.15, -0.1) is 0 Å². The van der Waals surface area contributed by atoms with Gasteiger partial charge in [-0.25, -0.2) is 0 Å². The second-order valence-electron chi connectivity index (χ2n) is 5.45. The van der Waals surface area contributed by atoms with Crippen molar-refractivity contribution in [3.8, 4) is 5.75 Å². The molecule has 0 heterocycles. The molecular weight excluding hydrogens is 333 g/mol. The van der Waals surface area contributed by atoms with Crippen molar-refractivity contribution in [2.24, 2.45) is 0 Å². The number of nitrogens with one attached hydrogen (secondary N) is 1. The number of ether oxygens (including phenoxy) is 1. The summed E-state index contributed by atoms with van der Waals surface area (Å²) in [6.45, 7) is 5.89. The fraction of sp³-hybridized carbons (Fsp3) is 0.278. The third kappa shape index (κ3) is 4.88. The Morgan fingerprint density at radius 2 is 1.78 bits per heavy atom. The molecule has 0 aliphatic heterocycles. The Labute approximate surface area is 146 Å². The van der Waals surface area contributed by atoms with E-state index in [9.17, 15) is 4.79 Å². The highest BCUT2D eigenvalue weighted by atomic mass is 35.5. The molecule has 1 atom stereocenters. The first kappa shape index (κ1) is 17.6. The second-order valence-corrected chi connectivity index (χ2v) is 6.30. The SMILES string of the molecule is CCC(Oc1cc(C)cc(C)c1)C(=O)Nc1ccc(Cl)cc1Cl. The van der Waals surface area contributed by atoms with Crippen molar-refractivity contribution < 1.29 is 9.53 Å². The molecule has 2 aromatic carbocycles. The van der Waals surface area contributed by atoms with E-state index in [1.54, 1.807) is 18.2 Å². The molecule has 0 radical (unpaired) electrons. The van der Waals surface area contributed by atoms with Gasteiger partial charge in [-0.2, -0.15) is 0 Å². The van der Waals surface area contributed by atoms with E-state index in [4.69, 9.17) is 27.9 Å². The van der Waals surface area contributed by atoms with Gasteiger partial charge >= 0.3 is 0 Å². The molecular formula is C18H19Cl2NO2. The van der Waals surface area contributed by atoms with Crippen molar-refractivity contribution in [3.63, 3.8) is 0 Å². The van der Waals surface area contributed by atoms with Gasteiger partial charge in [0, 0.05) is 5.02 Å². The normalized spacial score (nSPS) is 11.9. The van der Waals surface area contributed by atoms with E-state index in [1.165, 1.54) is 0 Å². The Bertz CT molecular complexity index is 696. The maximum absolute atomic E-state index is 12.4. The maximum atomic E-state index is 12.4. The van der Waals surface area contributed by atoms with Crippen molar-refractivity contribution in [1.82, 2.24) is 0 Å². The van der Waals surface area contributed by atoms with Gasteiger partial charge in [0.25, 0.3) is 5.91 Å². The van der Waals surface area contributed by atoms with Crippen LogP contribution in [0.15, 0.2) is 36.4 Å². The smallest absolute Gasteiger partial charge is 0.265 e. The molecule has 5 heteroatoms. The Hall–Kier alpha value is -1.71. The molecule has 0 spiro atoms. The molecule has 0 saturated heterocycles. The summed E-state index contributed by atoms with van der Waals surface area (Å²) in [4.78, 5) is 12.4. The van der Waals surface area contributed by atoms with Gasteiger partial charge in [-0.05, 0) is 61.7 Å². The van der Waals surface area contributed by atoms with Crippen LogP contribution in [0.1, 0.15) is 24.5 Å². The number of hydrogen-bond acceptors (Lipinski definition) is 2. The topological polar surface area (TPSA) is 38.3 Å². The average Bonchev–Trinajstić information content (AvgIpc) is 2.46. The largest absolute Gasteiger partial charge is 0.481 e. The second kappa shape index (κ2) is 7.71. The van der Waals surface area contributed by atoms with Crippen LogP contribution >= 0.6 is 23.2 Å². The van der Waals surface area contributed by atoms with E-state index in [1.807, 2.05) is 32.9 Å². The monoisotopic (exact) mass is 351 g/mol. The zero-order valence-electron chi connectivity index (χ0n) is 13.3. The first-order chi connectivity index (χ1) is 10.9. The number of carbonyl (C=O) groups is 1. The number of carbonyl (C=O) groups excluding carboxylic acids is 1. The fourth-order valence-corrected chi connectivity index (χ4v) is 2.75. The first-order valence-electron chi connectivity index (χ1n) is 7.40. The summed E-state index contributed by atoms with van der Waals surface area (Å²) in [7, 11) is 0. The molecule has 1 amide bonds. The number of amides is 1. The van der Waals surface area contributed by atoms with Gasteiger partial charge in [0.15, 0.2) is 6.10 Å². The van der Waals surface area contributed by atoms with Gasteiger partial charge in [0.2, 0.25) is 0 Å². The van der Waals surface area contributed by atoms with Gasteiger partial charge in [0.05, 0.1) is 10.7 Å². The molecule has 2 aromatic rings. The van der Waals surface area contributed by atoms with Crippen LogP contribution < -0.4 is 10.1 Å². The number of hydrogen-bond donors (Lipinski definition) is 1. The summed E-state index contributed by atoms with van der Waals surface area (Å²) in [6.07, 6.45) is -0.0488. The minimum absolute atomic E-state index is 0.240. The van der Waals surface area contributed by atoms with Crippen molar-refractivity contribution in [2.45, 2.75) is 33.3 Å². The number of rotatable bonds is 5. The van der Waals surface area contributed by atoms with E-state index in [0.717, 1.165) is 11.1 Å². The average molecular weight is 352 g/mol. The lowest BCUT2D eigenvalue weighted by molar-refractivity contribution is -0.122. The van der Waals surface area contributed by atoms with Crippen LogP contribution in [0.2, 0.25) is 10.0 Å². The summed E-state index contributed by atoms with van der Waals surface area (Å²) in [5.74, 6) is 0.447. The Morgan fingerprint density at radius 3 is 2.35 bits per heavy atom. The molecule has 0 bridgehead atoms. The molecule has 2 rings (SSSR count). The van der Waals surface area contributed by atoms with Crippen molar-refractivity contribution >= 4 is 34.8 Å². The maximum Gasteiger partial charge on any atom is 0.265 e. The standard InChI is InChI=1S/C18H19Cl2NO2/c1-4-17(23-14-8-11(2)7-12(3)9-14)18(22)21-16-6-5-13(19)10-15(16)20/h5-10,17H,4H2,1-3H3,(H,21,22). The zero-order valence-corrected chi connectivity index (χ0v) is 14.8. The summed E-state index contributed by atoms with van der Waals surface area (Å²) in [5, 5.41) is 3.70. The summed E-state index contributed by atoms with van der Waals surface area (Å²) < 4.78 is 5.84. The quantitative estimate of drug-likeness (QED) is 0.782. The minimum atomic E-state index is -0.594. The van der Waals surface area contributed by atoms with E-state index in [0.29, 0.717) is 27.9 Å². The molecule has 23 heavy (non-hydrogen) atoms. The third-order valence-electron chi connectivity index (χ3n) is 3.33. The number of benzene rings is 2. The summed E-state index contributed by atoms with van der Waals surface area (Å²) >= 11 is 11.9. The molecule has 3 nitrogen and oxygen atoms in total. The molecule has 0 aromatic heterocycles. The van der Waals surface area contributed by atoms with Gasteiger partial charge < -0.3 is 10.1 Å². The van der Waals surface area contributed by atoms with Gasteiger partial charge in [0.1, 0.15) is 5.75 Å². The summed E-state index contributed by atoms with van der Waals surface area (Å²) in [6, 6.07) is 10.8. The lowest BCUT2D eigenvalue weighted by Crippen LogP contribution is -2.32. The Balaban J connectivity index is 2.12. The van der Waals surface area contributed by atoms with Gasteiger partial charge in [-0.1, -0.05) is 36.2 Å². The lowest BCUT2D eigenvalue weighted by Gasteiger charge is -2.18. The van der Waals surface area contributed by atoms with Crippen LogP contribution in [-0.4, -0.2) is 12.0 Å². The Kier molecular flexibility index (Phi) is 5.91.